The molecule has 4 heterocycles. The van der Waals surface area contributed by atoms with E-state index in [0.717, 1.165) is 83.2 Å². The Labute approximate surface area is 280 Å². The molecule has 3 N–H and O–H groups in total. The number of hydrogen-bond donors (Lipinski definition) is 3. The fourth-order valence-electron chi connectivity index (χ4n) is 6.48. The molecule has 0 aromatic heterocycles. The first-order valence-electron chi connectivity index (χ1n) is 14.9. The predicted octanol–water partition coefficient (Wildman–Crippen LogP) is 7.10. The van der Waals surface area contributed by atoms with Crippen LogP contribution in [0.3, 0.4) is 0 Å². The number of benzene rings is 4. The number of nitrogens with one attached hydrogen (secondary N) is 1. The molecule has 8 rings (SSSR count). The molecule has 0 bridgehead atoms. The summed E-state index contributed by atoms with van der Waals surface area (Å²) in [5.74, 6) is 2.20. The molecular formula is C35H32MoN2O6S. The summed E-state index contributed by atoms with van der Waals surface area (Å²) in [4.78, 5) is 25.9. The smallest absolute Gasteiger partial charge is 0.338 e. The van der Waals surface area contributed by atoms with Gasteiger partial charge >= 0.3 is 11.9 Å². The van der Waals surface area contributed by atoms with E-state index in [-0.39, 0.29) is 26.4 Å². The summed E-state index contributed by atoms with van der Waals surface area (Å²) < 4.78 is 11.8. The average molecular weight is 705 g/mol. The van der Waals surface area contributed by atoms with Crippen molar-refractivity contribution in [2.24, 2.45) is 0 Å². The molecule has 2 saturated heterocycles. The zero-order chi connectivity index (χ0) is 30.2. The number of ether oxygens (including phenoxy) is 2. The van der Waals surface area contributed by atoms with E-state index >= 15 is 0 Å². The Balaban J connectivity index is 0.000000155. The standard InChI is InChI=1S/C18H17NO3.C17H15NO3S.Mo/c20-18(21)17-13-11-12-5-1-2-6-15(12)22-16(13)8-7-14(17)19-9-3-4-10-19;19-17(20)15-11(16-18-7-8-22-16)5-6-14-12(15)9-10-3-1-2-4-13(10)21-14;/h1-2,5-8H,3-4,9-11H2,(H,20,21);1-6,16,18H,7-9H2,(H,19,20);. The Morgan fingerprint density at radius 1 is 0.733 bits per heavy atom. The van der Waals surface area contributed by atoms with Gasteiger partial charge in [-0.05, 0) is 59.9 Å². The van der Waals surface area contributed by atoms with Gasteiger partial charge in [0, 0.05) is 70.4 Å². The summed E-state index contributed by atoms with van der Waals surface area (Å²) in [7, 11) is 0. The van der Waals surface area contributed by atoms with Crippen LogP contribution >= 0.6 is 11.8 Å². The molecule has 4 aliphatic heterocycles. The topological polar surface area (TPSA) is 108 Å². The summed E-state index contributed by atoms with van der Waals surface area (Å²) >= 11 is 1.75. The van der Waals surface area contributed by atoms with Gasteiger partial charge < -0.3 is 29.9 Å². The Hall–Kier alpha value is -3.78. The zero-order valence-corrected chi connectivity index (χ0v) is 27.3. The number of thioether (sulfide) groups is 1. The first-order chi connectivity index (χ1) is 21.5. The molecule has 4 aromatic rings. The largest absolute Gasteiger partial charge is 0.478 e. The van der Waals surface area contributed by atoms with E-state index in [1.807, 2.05) is 72.8 Å². The van der Waals surface area contributed by atoms with Gasteiger partial charge in [-0.25, -0.2) is 9.59 Å². The maximum atomic E-state index is 11.9. The Morgan fingerprint density at radius 2 is 1.29 bits per heavy atom. The van der Waals surface area contributed by atoms with Crippen LogP contribution in [0.25, 0.3) is 0 Å². The van der Waals surface area contributed by atoms with Crippen LogP contribution in [0, 0.1) is 0 Å². The van der Waals surface area contributed by atoms with Crippen LogP contribution in [0.4, 0.5) is 5.69 Å². The quantitative estimate of drug-likeness (QED) is 0.166. The molecule has 230 valence electrons. The molecule has 0 aliphatic carbocycles. The van der Waals surface area contributed by atoms with Crippen molar-refractivity contribution in [1.29, 1.82) is 0 Å². The van der Waals surface area contributed by atoms with Crippen molar-refractivity contribution >= 4 is 29.4 Å². The van der Waals surface area contributed by atoms with Gasteiger partial charge in [0.15, 0.2) is 0 Å². The Morgan fingerprint density at radius 3 is 1.84 bits per heavy atom. The molecule has 0 amide bonds. The second kappa shape index (κ2) is 13.3. The molecule has 45 heavy (non-hydrogen) atoms. The van der Waals surface area contributed by atoms with Crippen molar-refractivity contribution < 1.29 is 50.3 Å². The van der Waals surface area contributed by atoms with Crippen LogP contribution in [0.1, 0.15) is 66.7 Å². The van der Waals surface area contributed by atoms with Crippen LogP contribution in [0.2, 0.25) is 0 Å². The minimum absolute atomic E-state index is 0. The molecule has 0 spiro atoms. The van der Waals surface area contributed by atoms with Crippen molar-refractivity contribution in [3.8, 4) is 23.0 Å². The van der Waals surface area contributed by atoms with E-state index in [0.29, 0.717) is 35.5 Å². The minimum Gasteiger partial charge on any atom is -0.478 e. The van der Waals surface area contributed by atoms with Gasteiger partial charge in [-0.15, -0.1) is 11.8 Å². The fraction of sp³-hybridized carbons (Fsp3) is 0.257. The number of hydrogen-bond acceptors (Lipinski definition) is 7. The van der Waals surface area contributed by atoms with Crippen molar-refractivity contribution in [2.75, 3.05) is 30.3 Å². The molecule has 0 radical (unpaired) electrons. The number of fused-ring (bicyclic) bond motifs is 4. The van der Waals surface area contributed by atoms with E-state index in [1.165, 1.54) is 0 Å². The van der Waals surface area contributed by atoms with E-state index in [1.54, 1.807) is 11.8 Å². The second-order valence-corrected chi connectivity index (χ2v) is 12.4. The van der Waals surface area contributed by atoms with E-state index in [2.05, 4.69) is 10.2 Å². The SMILES string of the molecule is O=C(O)c1c(C2NCCS2)ccc2c1Cc1ccccc1O2.O=C(O)c1c(N2CCCC2)ccc2c1Cc1ccccc1O2.[Mo]. The summed E-state index contributed by atoms with van der Waals surface area (Å²) in [6, 6.07) is 23.2. The monoisotopic (exact) mass is 706 g/mol. The Bertz CT molecular complexity index is 1640. The number of anilines is 1. The van der Waals surface area contributed by atoms with Crippen molar-refractivity contribution in [2.45, 2.75) is 31.1 Å². The van der Waals surface area contributed by atoms with E-state index in [4.69, 9.17) is 9.47 Å². The number of para-hydroxylation sites is 2. The van der Waals surface area contributed by atoms with Gasteiger partial charge in [-0.3, -0.25) is 0 Å². The second-order valence-electron chi connectivity index (χ2n) is 11.2. The van der Waals surface area contributed by atoms with E-state index in [9.17, 15) is 19.8 Å². The third-order valence-electron chi connectivity index (χ3n) is 8.54. The zero-order valence-electron chi connectivity index (χ0n) is 24.5. The van der Waals surface area contributed by atoms with Crippen LogP contribution in [0.15, 0.2) is 72.8 Å². The van der Waals surface area contributed by atoms with Crippen LogP contribution in [0.5, 0.6) is 23.0 Å². The molecule has 2 fully saturated rings. The minimum atomic E-state index is -0.885. The fourth-order valence-corrected chi connectivity index (χ4v) is 7.56. The third kappa shape index (κ3) is 6.09. The molecule has 10 heteroatoms. The van der Waals surface area contributed by atoms with Gasteiger partial charge in [-0.2, -0.15) is 0 Å². The van der Waals surface area contributed by atoms with Crippen LogP contribution < -0.4 is 19.7 Å². The molecule has 4 aromatic carbocycles. The van der Waals surface area contributed by atoms with Gasteiger partial charge in [0.1, 0.15) is 23.0 Å². The van der Waals surface area contributed by atoms with Crippen molar-refractivity contribution in [1.82, 2.24) is 5.32 Å². The normalized spacial score (nSPS) is 17.2. The number of carboxylic acids is 2. The third-order valence-corrected chi connectivity index (χ3v) is 9.74. The number of rotatable bonds is 4. The van der Waals surface area contributed by atoms with Gasteiger partial charge in [0.25, 0.3) is 0 Å². The molecule has 4 aliphatic rings. The maximum Gasteiger partial charge on any atom is 0.338 e. The summed E-state index contributed by atoms with van der Waals surface area (Å²) in [5, 5.41) is 22.9. The average Bonchev–Trinajstić information content (AvgIpc) is 3.77. The molecule has 8 nitrogen and oxygen atoms in total. The van der Waals surface area contributed by atoms with Gasteiger partial charge in [-0.1, -0.05) is 42.5 Å². The van der Waals surface area contributed by atoms with Crippen molar-refractivity contribution in [3.05, 3.63) is 112 Å². The number of aromatic carboxylic acids is 2. The van der Waals surface area contributed by atoms with Gasteiger partial charge in [0.05, 0.1) is 22.2 Å². The predicted molar refractivity (Wildman–Crippen MR) is 170 cm³/mol. The van der Waals surface area contributed by atoms with Crippen molar-refractivity contribution in [3.63, 3.8) is 0 Å². The summed E-state index contributed by atoms with van der Waals surface area (Å²) in [6.07, 6.45) is 3.44. The molecule has 0 saturated carbocycles. The first-order valence-corrected chi connectivity index (χ1v) is 15.9. The Kier molecular flexibility index (Phi) is 9.22. The maximum absolute atomic E-state index is 11.9. The summed E-state index contributed by atoms with van der Waals surface area (Å²) in [5.41, 5.74) is 6.09. The summed E-state index contributed by atoms with van der Waals surface area (Å²) in [6.45, 7) is 2.76. The number of carbonyl (C=O) groups is 2. The molecular weight excluding hydrogens is 672 g/mol. The van der Waals surface area contributed by atoms with Crippen LogP contribution in [-0.2, 0) is 33.9 Å². The number of nitrogens with zero attached hydrogens (tertiary/aromatic N) is 1. The molecule has 1 atom stereocenters. The molecule has 1 unspecified atom stereocenters. The van der Waals surface area contributed by atoms with E-state index < -0.39 is 11.9 Å². The number of carboxylic acid groups (broad SMARTS) is 2. The van der Waals surface area contributed by atoms with Gasteiger partial charge in [0.2, 0.25) is 0 Å². The van der Waals surface area contributed by atoms with Crippen LogP contribution in [-0.4, -0.2) is 47.5 Å². The first kappa shape index (κ1) is 31.2.